The van der Waals surface area contributed by atoms with Gasteiger partial charge in [-0.1, -0.05) is 91.0 Å². The highest BCUT2D eigenvalue weighted by Crippen LogP contribution is 2.29. The predicted octanol–water partition coefficient (Wildman–Crippen LogP) is 3.20. The van der Waals surface area contributed by atoms with Gasteiger partial charge >= 0.3 is 0 Å². The number of benzene rings is 3. The maximum absolute atomic E-state index is 13.3. The fourth-order valence-electron chi connectivity index (χ4n) is 3.90. The summed E-state index contributed by atoms with van der Waals surface area (Å²) in [4.78, 5) is 26.5. The van der Waals surface area contributed by atoms with Crippen LogP contribution in [0, 0.1) is 0 Å². The number of hydrogen-bond donors (Lipinski definition) is 1. The number of carbonyl (C=O) groups is 2. The van der Waals surface area contributed by atoms with E-state index in [9.17, 15) is 14.7 Å². The van der Waals surface area contributed by atoms with Crippen LogP contribution in [-0.4, -0.2) is 16.7 Å². The van der Waals surface area contributed by atoms with Gasteiger partial charge in [0.2, 0.25) is 11.6 Å². The van der Waals surface area contributed by atoms with Crippen LogP contribution in [0.15, 0.2) is 95.4 Å². The highest BCUT2D eigenvalue weighted by Gasteiger charge is 2.34. The van der Waals surface area contributed by atoms with Gasteiger partial charge in [0.15, 0.2) is 5.42 Å². The maximum Gasteiger partial charge on any atom is 0.291 e. The molecule has 0 atom stereocenters. The summed E-state index contributed by atoms with van der Waals surface area (Å²) in [6.45, 7) is 0. The molecule has 1 aliphatic carbocycles. The second-order valence-corrected chi connectivity index (χ2v) is 6.99. The van der Waals surface area contributed by atoms with Crippen molar-refractivity contribution in [2.75, 3.05) is 0 Å². The molecule has 3 aromatic carbocycles. The van der Waals surface area contributed by atoms with Gasteiger partial charge in [0, 0.05) is 10.8 Å². The SMILES string of the molecule is O=C1C(=O)C(c2ccccc2)=c2c(-c3ccccc3)c(O)oc2=C1c1ccccc1. The van der Waals surface area contributed by atoms with Crippen molar-refractivity contribution in [3.05, 3.63) is 113 Å². The number of rotatable bonds is 3. The fourth-order valence-corrected chi connectivity index (χ4v) is 3.90. The zero-order valence-corrected chi connectivity index (χ0v) is 15.8. The number of ketones is 2. The average molecular weight is 392 g/mol. The van der Waals surface area contributed by atoms with Crippen LogP contribution in [0.2, 0.25) is 0 Å². The van der Waals surface area contributed by atoms with Crippen LogP contribution in [0.1, 0.15) is 11.1 Å². The minimum atomic E-state index is -0.652. The van der Waals surface area contributed by atoms with E-state index < -0.39 is 11.6 Å². The third-order valence-electron chi connectivity index (χ3n) is 5.21. The summed E-state index contributed by atoms with van der Waals surface area (Å²) >= 11 is 0. The van der Waals surface area contributed by atoms with Crippen molar-refractivity contribution in [2.24, 2.45) is 0 Å². The average Bonchev–Trinajstić information content (AvgIpc) is 3.12. The summed E-state index contributed by atoms with van der Waals surface area (Å²) < 4.78 is 5.75. The van der Waals surface area contributed by atoms with Gasteiger partial charge < -0.3 is 9.52 Å². The van der Waals surface area contributed by atoms with E-state index in [-0.39, 0.29) is 22.5 Å². The zero-order chi connectivity index (χ0) is 20.7. The molecule has 0 saturated carbocycles. The molecule has 1 heterocycles. The fraction of sp³-hybridized carbons (Fsp3) is 0. The van der Waals surface area contributed by atoms with Crippen molar-refractivity contribution >= 4 is 22.7 Å². The van der Waals surface area contributed by atoms with Gasteiger partial charge in [-0.2, -0.15) is 0 Å². The van der Waals surface area contributed by atoms with E-state index in [1.54, 1.807) is 48.5 Å². The lowest BCUT2D eigenvalue weighted by Crippen LogP contribution is -2.40. The minimum Gasteiger partial charge on any atom is -0.480 e. The molecule has 0 radical (unpaired) electrons. The van der Waals surface area contributed by atoms with Gasteiger partial charge in [0.05, 0.1) is 11.1 Å². The van der Waals surface area contributed by atoms with E-state index in [2.05, 4.69) is 0 Å². The van der Waals surface area contributed by atoms with Crippen molar-refractivity contribution in [3.8, 4) is 17.1 Å². The normalized spacial score (nSPS) is 13.5. The molecule has 0 bridgehead atoms. The van der Waals surface area contributed by atoms with Crippen LogP contribution in [0.5, 0.6) is 5.95 Å². The summed E-state index contributed by atoms with van der Waals surface area (Å²) in [5, 5.41) is 11.2. The van der Waals surface area contributed by atoms with Gasteiger partial charge in [-0.25, -0.2) is 0 Å². The molecule has 30 heavy (non-hydrogen) atoms. The Kier molecular flexibility index (Phi) is 4.18. The van der Waals surface area contributed by atoms with Crippen LogP contribution in [0.25, 0.3) is 22.3 Å². The van der Waals surface area contributed by atoms with E-state index in [0.717, 1.165) is 0 Å². The first-order chi connectivity index (χ1) is 14.7. The van der Waals surface area contributed by atoms with E-state index in [0.29, 0.717) is 27.5 Å². The van der Waals surface area contributed by atoms with Crippen LogP contribution in [0.4, 0.5) is 0 Å². The third kappa shape index (κ3) is 2.70. The highest BCUT2D eigenvalue weighted by atomic mass is 16.5. The standard InChI is InChI=1S/C26H16O4/c27-23-19(16-10-4-1-5-11-16)22-20(17-12-6-2-7-13-17)26(29)30-25(22)21(24(23)28)18-14-8-3-9-15-18/h1-15,29H. The molecule has 0 spiro atoms. The third-order valence-corrected chi connectivity index (χ3v) is 5.21. The quantitative estimate of drug-likeness (QED) is 0.544. The lowest BCUT2D eigenvalue weighted by molar-refractivity contribution is -0.130. The lowest BCUT2D eigenvalue weighted by Gasteiger charge is -2.13. The molecular weight excluding hydrogens is 376 g/mol. The predicted molar refractivity (Wildman–Crippen MR) is 113 cm³/mol. The first-order valence-corrected chi connectivity index (χ1v) is 9.52. The van der Waals surface area contributed by atoms with Crippen LogP contribution >= 0.6 is 0 Å². The summed E-state index contributed by atoms with van der Waals surface area (Å²) in [5.74, 6) is -1.60. The first-order valence-electron chi connectivity index (χ1n) is 9.52. The van der Waals surface area contributed by atoms with E-state index in [1.165, 1.54) is 0 Å². The van der Waals surface area contributed by atoms with E-state index in [4.69, 9.17) is 4.42 Å². The molecule has 4 aromatic rings. The van der Waals surface area contributed by atoms with Gasteiger partial charge in [-0.05, 0) is 16.7 Å². The van der Waals surface area contributed by atoms with E-state index >= 15 is 0 Å². The summed E-state index contributed by atoms with van der Waals surface area (Å²) in [7, 11) is 0. The lowest BCUT2D eigenvalue weighted by atomic mass is 9.85. The molecule has 0 amide bonds. The monoisotopic (exact) mass is 392 g/mol. The molecule has 144 valence electrons. The van der Waals surface area contributed by atoms with Crippen LogP contribution in [0.3, 0.4) is 0 Å². The highest BCUT2D eigenvalue weighted by molar-refractivity contribution is 6.65. The second-order valence-electron chi connectivity index (χ2n) is 6.99. The summed E-state index contributed by atoms with van der Waals surface area (Å²) in [5.41, 5.74) is 2.87. The van der Waals surface area contributed by atoms with Gasteiger partial charge in [-0.3, -0.25) is 9.59 Å². The first kappa shape index (κ1) is 17.9. The Labute approximate surface area is 172 Å². The number of furan rings is 1. The molecule has 1 aliphatic rings. The number of aromatic hydroxyl groups is 1. The molecule has 1 N–H and O–H groups in total. The molecule has 0 saturated heterocycles. The molecule has 1 aromatic heterocycles. The number of hydrogen-bond acceptors (Lipinski definition) is 4. The molecule has 5 rings (SSSR count). The Morgan fingerprint density at radius 3 is 1.53 bits per heavy atom. The van der Waals surface area contributed by atoms with E-state index in [1.807, 2.05) is 42.5 Å². The smallest absolute Gasteiger partial charge is 0.291 e. The van der Waals surface area contributed by atoms with Crippen molar-refractivity contribution in [3.63, 3.8) is 0 Å². The van der Waals surface area contributed by atoms with Gasteiger partial charge in [0.1, 0.15) is 0 Å². The largest absolute Gasteiger partial charge is 0.480 e. The Hall–Kier alpha value is -4.18. The van der Waals surface area contributed by atoms with Crippen molar-refractivity contribution in [1.29, 1.82) is 0 Å². The Morgan fingerprint density at radius 2 is 1.00 bits per heavy atom. The topological polar surface area (TPSA) is 67.5 Å². The number of carbonyl (C=O) groups excluding carboxylic acids is 2. The van der Waals surface area contributed by atoms with Gasteiger partial charge in [0.25, 0.3) is 5.95 Å². The summed E-state index contributed by atoms with van der Waals surface area (Å²) in [6, 6.07) is 27.1. The minimum absolute atomic E-state index is 0.160. The Bertz CT molecular complexity index is 1400. The van der Waals surface area contributed by atoms with Crippen molar-refractivity contribution in [2.45, 2.75) is 0 Å². The number of Topliss-reactive ketones (excluding diaryl/α,β-unsaturated/α-hetero) is 2. The summed E-state index contributed by atoms with van der Waals surface area (Å²) in [6.07, 6.45) is 0. The van der Waals surface area contributed by atoms with Crippen molar-refractivity contribution < 1.29 is 19.1 Å². The molecule has 4 nitrogen and oxygen atoms in total. The molecule has 0 aliphatic heterocycles. The zero-order valence-electron chi connectivity index (χ0n) is 15.8. The second kappa shape index (κ2) is 7.01. The van der Waals surface area contributed by atoms with Crippen LogP contribution in [-0.2, 0) is 9.59 Å². The Morgan fingerprint density at radius 1 is 0.567 bits per heavy atom. The maximum atomic E-state index is 13.3. The van der Waals surface area contributed by atoms with Gasteiger partial charge in [-0.15, -0.1) is 0 Å². The number of fused-ring (bicyclic) bond motifs is 1. The van der Waals surface area contributed by atoms with Crippen molar-refractivity contribution in [1.82, 2.24) is 0 Å². The van der Waals surface area contributed by atoms with Crippen LogP contribution < -0.4 is 10.6 Å². The molecule has 0 fully saturated rings. The molecule has 4 heteroatoms. The Balaban J connectivity index is 2.03. The molecule has 0 unspecified atom stereocenters. The molecular formula is C26H16O4.